The number of rotatable bonds is 4. The van der Waals surface area contributed by atoms with E-state index < -0.39 is 12.1 Å². The van der Waals surface area contributed by atoms with Crippen molar-refractivity contribution in [2.24, 2.45) is 7.05 Å². The third kappa shape index (κ3) is 2.88. The van der Waals surface area contributed by atoms with Crippen LogP contribution in [-0.4, -0.2) is 20.7 Å². The summed E-state index contributed by atoms with van der Waals surface area (Å²) in [5.74, 6) is -0.414. The van der Waals surface area contributed by atoms with Crippen molar-refractivity contribution < 1.29 is 9.53 Å². The highest BCUT2D eigenvalue weighted by Gasteiger charge is 2.22. The number of benzene rings is 1. The van der Waals surface area contributed by atoms with Gasteiger partial charge in [0.1, 0.15) is 0 Å². The van der Waals surface area contributed by atoms with E-state index in [1.165, 1.54) is 6.20 Å². The third-order valence-corrected chi connectivity index (χ3v) is 3.35. The molecule has 0 amide bonds. The van der Waals surface area contributed by atoms with Crippen LogP contribution in [0.1, 0.15) is 27.7 Å². The van der Waals surface area contributed by atoms with Crippen LogP contribution in [0.2, 0.25) is 0 Å². The van der Waals surface area contributed by atoms with Crippen LogP contribution in [0, 0.1) is 0 Å². The Morgan fingerprint density at radius 3 is 2.55 bits per heavy atom. The van der Waals surface area contributed by atoms with Gasteiger partial charge in [0.2, 0.25) is 0 Å². The summed E-state index contributed by atoms with van der Waals surface area (Å²) in [6.07, 6.45) is 4.28. The predicted octanol–water partition coefficient (Wildman–Crippen LogP) is 2.76. The summed E-state index contributed by atoms with van der Waals surface area (Å²) in [4.78, 5) is 16.3. The lowest BCUT2D eigenvalue weighted by Gasteiger charge is -2.18. The molecule has 0 saturated carbocycles. The van der Waals surface area contributed by atoms with Gasteiger partial charge in [-0.15, -0.1) is 0 Å². The fourth-order valence-corrected chi connectivity index (χ4v) is 2.23. The Balaban J connectivity index is 1.93. The van der Waals surface area contributed by atoms with E-state index in [1.54, 1.807) is 29.2 Å². The minimum atomic E-state index is -0.513. The minimum Gasteiger partial charge on any atom is -0.447 e. The summed E-state index contributed by atoms with van der Waals surface area (Å²) >= 11 is 0. The quantitative estimate of drug-likeness (QED) is 0.694. The lowest BCUT2D eigenvalue weighted by Crippen LogP contribution is -2.16. The Bertz CT molecular complexity index is 754. The first-order valence-electron chi connectivity index (χ1n) is 6.89. The number of ether oxygens (including phenoxy) is 1. The molecule has 0 aliphatic heterocycles. The normalized spacial score (nSPS) is 11.9. The largest absolute Gasteiger partial charge is 0.447 e. The molecule has 1 atom stereocenters. The molecule has 0 N–H and O–H groups in total. The van der Waals surface area contributed by atoms with Gasteiger partial charge in [0, 0.05) is 25.6 Å². The first-order chi connectivity index (χ1) is 10.8. The van der Waals surface area contributed by atoms with Gasteiger partial charge >= 0.3 is 5.97 Å². The maximum atomic E-state index is 12.3. The number of hydrogen-bond acceptors (Lipinski definition) is 4. The third-order valence-electron chi connectivity index (χ3n) is 3.35. The van der Waals surface area contributed by atoms with Gasteiger partial charge in [-0.05, 0) is 23.8 Å². The van der Waals surface area contributed by atoms with E-state index in [-0.39, 0.29) is 0 Å². The van der Waals surface area contributed by atoms with Gasteiger partial charge in [-0.1, -0.05) is 30.3 Å². The molecule has 0 unspecified atom stereocenters. The second kappa shape index (κ2) is 6.22. The maximum Gasteiger partial charge on any atom is 0.340 e. The van der Waals surface area contributed by atoms with Gasteiger partial charge in [0.15, 0.2) is 6.10 Å². The van der Waals surface area contributed by atoms with Crippen molar-refractivity contribution in [1.29, 1.82) is 0 Å². The summed E-state index contributed by atoms with van der Waals surface area (Å²) < 4.78 is 7.41. The maximum absolute atomic E-state index is 12.3. The predicted molar refractivity (Wildman–Crippen MR) is 81.1 cm³/mol. The van der Waals surface area contributed by atoms with Gasteiger partial charge in [0.05, 0.1) is 11.3 Å². The molecular weight excluding hydrogens is 278 g/mol. The topological polar surface area (TPSA) is 57.0 Å². The summed E-state index contributed by atoms with van der Waals surface area (Å²) in [7, 11) is 1.82. The Morgan fingerprint density at radius 2 is 1.91 bits per heavy atom. The zero-order valence-corrected chi connectivity index (χ0v) is 12.1. The summed E-state index contributed by atoms with van der Waals surface area (Å²) in [6.45, 7) is 0. The molecule has 0 fully saturated rings. The van der Waals surface area contributed by atoms with Crippen LogP contribution in [0.5, 0.6) is 0 Å². The Morgan fingerprint density at radius 1 is 1.09 bits per heavy atom. The van der Waals surface area contributed by atoms with Crippen LogP contribution in [0.4, 0.5) is 0 Å². The Labute approximate surface area is 128 Å². The molecule has 3 aromatic rings. The number of hydrogen-bond donors (Lipinski definition) is 0. The fourth-order valence-electron chi connectivity index (χ4n) is 2.23. The van der Waals surface area contributed by atoms with Crippen LogP contribution in [0.15, 0.2) is 67.1 Å². The number of pyridine rings is 1. The average Bonchev–Trinajstić information content (AvgIpc) is 3.00. The van der Waals surface area contributed by atoms with Crippen LogP contribution in [-0.2, 0) is 11.8 Å². The molecule has 0 aliphatic carbocycles. The average molecular weight is 293 g/mol. The van der Waals surface area contributed by atoms with Gasteiger partial charge in [-0.3, -0.25) is 9.67 Å². The molecule has 1 aromatic carbocycles. The molecule has 3 rings (SSSR count). The zero-order valence-electron chi connectivity index (χ0n) is 12.1. The highest BCUT2D eigenvalue weighted by atomic mass is 16.5. The molecule has 0 saturated heterocycles. The number of aryl methyl sites for hydroxylation is 1. The van der Waals surface area contributed by atoms with Crippen molar-refractivity contribution >= 4 is 5.97 Å². The molecule has 5 heteroatoms. The molecule has 0 aliphatic rings. The van der Waals surface area contributed by atoms with Crippen molar-refractivity contribution in [3.05, 3.63) is 83.9 Å². The lowest BCUT2D eigenvalue weighted by atomic mass is 10.1. The SMILES string of the molecule is Cn1nccc1[C@H](OC(=O)c1cccnc1)c1ccccc1. The van der Waals surface area contributed by atoms with Crippen molar-refractivity contribution in [3.63, 3.8) is 0 Å². The molecule has 0 spiro atoms. The smallest absolute Gasteiger partial charge is 0.340 e. The van der Waals surface area contributed by atoms with E-state index in [0.717, 1.165) is 11.3 Å². The van der Waals surface area contributed by atoms with Crippen LogP contribution >= 0.6 is 0 Å². The van der Waals surface area contributed by atoms with Crippen molar-refractivity contribution in [2.45, 2.75) is 6.10 Å². The van der Waals surface area contributed by atoms with E-state index in [1.807, 2.05) is 43.4 Å². The first-order valence-corrected chi connectivity index (χ1v) is 6.89. The first kappa shape index (κ1) is 14.0. The summed E-state index contributed by atoms with van der Waals surface area (Å²) in [5, 5.41) is 4.16. The molecule has 0 bridgehead atoms. The molecule has 5 nitrogen and oxygen atoms in total. The minimum absolute atomic E-state index is 0.414. The van der Waals surface area contributed by atoms with Gasteiger partial charge < -0.3 is 4.74 Å². The van der Waals surface area contributed by atoms with E-state index in [0.29, 0.717) is 5.56 Å². The molecule has 22 heavy (non-hydrogen) atoms. The van der Waals surface area contributed by atoms with E-state index in [9.17, 15) is 4.79 Å². The number of carbonyl (C=O) groups is 1. The molecule has 2 heterocycles. The highest BCUT2D eigenvalue weighted by Crippen LogP contribution is 2.26. The van der Waals surface area contributed by atoms with Crippen molar-refractivity contribution in [2.75, 3.05) is 0 Å². The van der Waals surface area contributed by atoms with E-state index >= 15 is 0 Å². The van der Waals surface area contributed by atoms with Crippen LogP contribution in [0.25, 0.3) is 0 Å². The number of carbonyl (C=O) groups excluding carboxylic acids is 1. The van der Waals surface area contributed by atoms with Crippen LogP contribution < -0.4 is 0 Å². The number of aromatic nitrogens is 3. The van der Waals surface area contributed by atoms with Gasteiger partial charge in [0.25, 0.3) is 0 Å². The van der Waals surface area contributed by atoms with Crippen LogP contribution in [0.3, 0.4) is 0 Å². The van der Waals surface area contributed by atoms with Crippen molar-refractivity contribution in [1.82, 2.24) is 14.8 Å². The highest BCUT2D eigenvalue weighted by molar-refractivity contribution is 5.89. The lowest BCUT2D eigenvalue weighted by molar-refractivity contribution is 0.0364. The summed E-state index contributed by atoms with van der Waals surface area (Å²) in [5.41, 5.74) is 2.12. The van der Waals surface area contributed by atoms with Crippen molar-refractivity contribution in [3.8, 4) is 0 Å². The fraction of sp³-hybridized carbons (Fsp3) is 0.118. The van der Waals surface area contributed by atoms with E-state index in [4.69, 9.17) is 4.74 Å². The molecule has 2 aromatic heterocycles. The standard InChI is InChI=1S/C17H15N3O2/c1-20-15(9-11-19-20)16(13-6-3-2-4-7-13)22-17(21)14-8-5-10-18-12-14/h2-12,16H,1H3/t16-/m1/s1. The Kier molecular flexibility index (Phi) is 3.96. The van der Waals surface area contributed by atoms with Gasteiger partial charge in [-0.25, -0.2) is 4.79 Å². The summed E-state index contributed by atoms with van der Waals surface area (Å²) in [6, 6.07) is 14.8. The molecule has 110 valence electrons. The molecule has 0 radical (unpaired) electrons. The second-order valence-electron chi connectivity index (χ2n) is 4.82. The molecular formula is C17H15N3O2. The zero-order chi connectivity index (χ0) is 15.4. The number of esters is 1. The van der Waals surface area contributed by atoms with Gasteiger partial charge in [-0.2, -0.15) is 5.10 Å². The number of nitrogens with zero attached hydrogens (tertiary/aromatic N) is 3. The Hall–Kier alpha value is -2.95. The van der Waals surface area contributed by atoms with E-state index in [2.05, 4.69) is 10.1 Å². The second-order valence-corrected chi connectivity index (χ2v) is 4.82. The monoisotopic (exact) mass is 293 g/mol.